The monoisotopic (exact) mass is 288 g/mol. The van der Waals surface area contributed by atoms with Gasteiger partial charge in [-0.05, 0) is 26.7 Å². The molecule has 0 aromatic rings. The van der Waals surface area contributed by atoms with Crippen LogP contribution in [0.3, 0.4) is 0 Å². The van der Waals surface area contributed by atoms with Gasteiger partial charge in [-0.2, -0.15) is 0 Å². The van der Waals surface area contributed by atoms with Gasteiger partial charge in [-0.3, -0.25) is 4.79 Å². The predicted octanol–water partition coefficient (Wildman–Crippen LogP) is 1.94. The van der Waals surface area contributed by atoms with Crippen LogP contribution >= 0.6 is 0 Å². The van der Waals surface area contributed by atoms with E-state index in [9.17, 15) is 9.59 Å². The van der Waals surface area contributed by atoms with Crippen LogP contribution in [-0.2, 0) is 9.53 Å². The Morgan fingerprint density at radius 2 is 1.95 bits per heavy atom. The number of likely N-dealkylation sites (N-methyl/N-ethyl adjacent to an activating group) is 1. The molecule has 0 aliphatic carbocycles. The number of nitrogens with zero attached hydrogens (tertiary/aromatic N) is 1. The fourth-order valence-corrected chi connectivity index (χ4v) is 1.83. The minimum atomic E-state index is -0.765. The fraction of sp³-hybridized carbons (Fsp3) is 0.857. The summed E-state index contributed by atoms with van der Waals surface area (Å²) in [6, 6.07) is -0.0524. The van der Waals surface area contributed by atoms with Crippen LogP contribution in [0, 0.1) is 5.92 Å². The average Bonchev–Trinajstić information content (AvgIpc) is 2.39. The molecule has 0 bridgehead atoms. The molecule has 0 rings (SSSR count). The Hall–Kier alpha value is -1.30. The van der Waals surface area contributed by atoms with E-state index < -0.39 is 5.97 Å². The Kier molecular flexibility index (Phi) is 9.80. The molecular formula is C14H28N2O4. The van der Waals surface area contributed by atoms with E-state index in [1.54, 1.807) is 18.9 Å². The lowest BCUT2D eigenvalue weighted by atomic mass is 10.0. The summed E-state index contributed by atoms with van der Waals surface area (Å²) in [6.45, 7) is 7.29. The van der Waals surface area contributed by atoms with E-state index in [0.717, 1.165) is 12.8 Å². The van der Waals surface area contributed by atoms with Gasteiger partial charge < -0.3 is 20.1 Å². The van der Waals surface area contributed by atoms with Crippen LogP contribution < -0.4 is 5.32 Å². The smallest absolute Gasteiger partial charge is 0.317 e. The number of carboxylic acids is 1. The number of rotatable bonds is 10. The Labute approximate surface area is 121 Å². The number of carbonyl (C=O) groups excluding carboxylic acids is 1. The van der Waals surface area contributed by atoms with E-state index in [0.29, 0.717) is 26.1 Å². The van der Waals surface area contributed by atoms with Crippen molar-refractivity contribution in [1.29, 1.82) is 0 Å². The third-order valence-electron chi connectivity index (χ3n) is 3.30. The van der Waals surface area contributed by atoms with Crippen molar-refractivity contribution in [2.45, 2.75) is 46.1 Å². The number of urea groups is 1. The number of hydrogen-bond donors (Lipinski definition) is 2. The summed E-state index contributed by atoms with van der Waals surface area (Å²) < 4.78 is 4.97. The van der Waals surface area contributed by atoms with Crippen LogP contribution in [-0.4, -0.2) is 54.9 Å². The molecule has 2 atom stereocenters. The molecule has 2 unspecified atom stereocenters. The number of hydrogen-bond acceptors (Lipinski definition) is 3. The van der Waals surface area contributed by atoms with E-state index in [1.807, 2.05) is 13.8 Å². The van der Waals surface area contributed by atoms with Crippen molar-refractivity contribution in [1.82, 2.24) is 10.2 Å². The third-order valence-corrected chi connectivity index (χ3v) is 3.30. The Morgan fingerprint density at radius 1 is 1.30 bits per heavy atom. The van der Waals surface area contributed by atoms with Gasteiger partial charge in [0.1, 0.15) is 0 Å². The minimum absolute atomic E-state index is 0.0417. The summed E-state index contributed by atoms with van der Waals surface area (Å²) in [5, 5.41) is 11.7. The van der Waals surface area contributed by atoms with Gasteiger partial charge in [0.25, 0.3) is 0 Å². The molecule has 0 saturated carbocycles. The summed E-state index contributed by atoms with van der Waals surface area (Å²) in [7, 11) is 1.61. The molecule has 2 N–H and O–H groups in total. The summed E-state index contributed by atoms with van der Waals surface area (Å²) in [6.07, 6.45) is 2.21. The standard InChI is InChI=1S/C14H28N2O4/c1-5-16(9-10-20-4)14(19)15-12(3)8-6-7-11(2)13(17)18/h11-12H,5-10H2,1-4H3,(H,15,19)(H,17,18). The summed E-state index contributed by atoms with van der Waals surface area (Å²) in [5.41, 5.74) is 0. The minimum Gasteiger partial charge on any atom is -0.481 e. The van der Waals surface area contributed by atoms with E-state index in [2.05, 4.69) is 5.32 Å². The Morgan fingerprint density at radius 3 is 2.45 bits per heavy atom. The molecule has 0 spiro atoms. The molecule has 2 amide bonds. The number of methoxy groups -OCH3 is 1. The molecule has 6 nitrogen and oxygen atoms in total. The summed E-state index contributed by atoms with van der Waals surface area (Å²) in [5.74, 6) is -1.09. The maximum atomic E-state index is 12.0. The van der Waals surface area contributed by atoms with Crippen LogP contribution in [0.15, 0.2) is 0 Å². The van der Waals surface area contributed by atoms with Crippen molar-refractivity contribution in [3.05, 3.63) is 0 Å². The lowest BCUT2D eigenvalue weighted by molar-refractivity contribution is -0.141. The molecule has 0 heterocycles. The van der Waals surface area contributed by atoms with Gasteiger partial charge in [-0.1, -0.05) is 13.3 Å². The first-order chi connectivity index (χ1) is 9.42. The molecule has 6 heteroatoms. The summed E-state index contributed by atoms with van der Waals surface area (Å²) in [4.78, 5) is 24.3. The lowest BCUT2D eigenvalue weighted by Crippen LogP contribution is -2.45. The number of nitrogens with one attached hydrogen (secondary N) is 1. The second kappa shape index (κ2) is 10.5. The van der Waals surface area contributed by atoms with Crippen molar-refractivity contribution in [2.75, 3.05) is 26.8 Å². The topological polar surface area (TPSA) is 78.9 Å². The van der Waals surface area contributed by atoms with Crippen LogP contribution in [0.4, 0.5) is 4.79 Å². The maximum Gasteiger partial charge on any atom is 0.317 e. The number of ether oxygens (including phenoxy) is 1. The van der Waals surface area contributed by atoms with Gasteiger partial charge in [0.2, 0.25) is 0 Å². The zero-order valence-corrected chi connectivity index (χ0v) is 13.0. The molecule has 0 aromatic heterocycles. The van der Waals surface area contributed by atoms with Crippen molar-refractivity contribution in [3.63, 3.8) is 0 Å². The van der Waals surface area contributed by atoms with Gasteiger partial charge in [0, 0.05) is 26.2 Å². The highest BCUT2D eigenvalue weighted by molar-refractivity contribution is 5.74. The van der Waals surface area contributed by atoms with Crippen molar-refractivity contribution < 1.29 is 19.4 Å². The zero-order valence-electron chi connectivity index (χ0n) is 13.0. The largest absolute Gasteiger partial charge is 0.481 e. The summed E-state index contributed by atoms with van der Waals surface area (Å²) >= 11 is 0. The second-order valence-electron chi connectivity index (χ2n) is 5.09. The van der Waals surface area contributed by atoms with Crippen molar-refractivity contribution in [2.24, 2.45) is 5.92 Å². The number of carboxylic acid groups (broad SMARTS) is 1. The number of amides is 2. The number of carbonyl (C=O) groups is 2. The highest BCUT2D eigenvalue weighted by Crippen LogP contribution is 2.09. The molecule has 0 saturated heterocycles. The van der Waals surface area contributed by atoms with Gasteiger partial charge in [-0.25, -0.2) is 4.79 Å². The first kappa shape index (κ1) is 18.7. The van der Waals surface area contributed by atoms with E-state index >= 15 is 0 Å². The fourth-order valence-electron chi connectivity index (χ4n) is 1.83. The maximum absolute atomic E-state index is 12.0. The number of aliphatic carboxylic acids is 1. The molecule has 20 heavy (non-hydrogen) atoms. The molecular weight excluding hydrogens is 260 g/mol. The third kappa shape index (κ3) is 7.99. The van der Waals surface area contributed by atoms with Crippen LogP contribution in [0.25, 0.3) is 0 Å². The first-order valence-corrected chi connectivity index (χ1v) is 7.19. The van der Waals surface area contributed by atoms with Crippen LogP contribution in [0.1, 0.15) is 40.0 Å². The normalized spacial score (nSPS) is 13.6. The molecule has 0 aromatic carbocycles. The Balaban J connectivity index is 3.96. The average molecular weight is 288 g/mol. The molecule has 0 aliphatic heterocycles. The second-order valence-corrected chi connectivity index (χ2v) is 5.09. The van der Waals surface area contributed by atoms with Gasteiger partial charge in [0.05, 0.1) is 12.5 Å². The van der Waals surface area contributed by atoms with E-state index in [4.69, 9.17) is 9.84 Å². The van der Waals surface area contributed by atoms with Gasteiger partial charge in [0.15, 0.2) is 0 Å². The van der Waals surface area contributed by atoms with Crippen molar-refractivity contribution in [3.8, 4) is 0 Å². The SMILES string of the molecule is CCN(CCOC)C(=O)NC(C)CCCC(C)C(=O)O. The predicted molar refractivity (Wildman–Crippen MR) is 77.8 cm³/mol. The lowest BCUT2D eigenvalue weighted by Gasteiger charge is -2.23. The Bertz CT molecular complexity index is 297. The van der Waals surface area contributed by atoms with E-state index in [1.165, 1.54) is 0 Å². The molecule has 0 aliphatic rings. The first-order valence-electron chi connectivity index (χ1n) is 7.19. The molecule has 0 fully saturated rings. The molecule has 0 radical (unpaired) electrons. The van der Waals surface area contributed by atoms with Crippen molar-refractivity contribution >= 4 is 12.0 Å². The highest BCUT2D eigenvalue weighted by atomic mass is 16.5. The van der Waals surface area contributed by atoms with Gasteiger partial charge in [-0.15, -0.1) is 0 Å². The zero-order chi connectivity index (χ0) is 15.5. The quantitative estimate of drug-likeness (QED) is 0.644. The highest BCUT2D eigenvalue weighted by Gasteiger charge is 2.15. The van der Waals surface area contributed by atoms with Crippen LogP contribution in [0.5, 0.6) is 0 Å². The molecule has 118 valence electrons. The van der Waals surface area contributed by atoms with Crippen LogP contribution in [0.2, 0.25) is 0 Å². The van der Waals surface area contributed by atoms with Gasteiger partial charge >= 0.3 is 12.0 Å². The van der Waals surface area contributed by atoms with E-state index in [-0.39, 0.29) is 18.0 Å².